The fourth-order valence-electron chi connectivity index (χ4n) is 3.34. The maximum absolute atomic E-state index is 13.0. The molecule has 0 N–H and O–H groups in total. The molecule has 2 heterocycles. The van der Waals surface area contributed by atoms with Crippen LogP contribution >= 0.6 is 11.6 Å². The summed E-state index contributed by atoms with van der Waals surface area (Å²) in [6.45, 7) is 3.87. The molecule has 8 nitrogen and oxygen atoms in total. The van der Waals surface area contributed by atoms with Crippen LogP contribution in [0.5, 0.6) is 0 Å². The number of piperazine rings is 1. The fraction of sp³-hybridized carbons (Fsp3) is 0.444. The lowest BCUT2D eigenvalue weighted by molar-refractivity contribution is -0.386. The number of hydrogen-bond donors (Lipinski definition) is 0. The van der Waals surface area contributed by atoms with E-state index in [2.05, 4.69) is 10.00 Å². The van der Waals surface area contributed by atoms with Gasteiger partial charge in [0.15, 0.2) is 0 Å². The second kappa shape index (κ2) is 8.83. The average Bonchev–Trinajstić information content (AvgIpc) is 3.01. The van der Waals surface area contributed by atoms with Crippen molar-refractivity contribution in [2.75, 3.05) is 26.2 Å². The van der Waals surface area contributed by atoms with E-state index in [0.29, 0.717) is 37.7 Å². The van der Waals surface area contributed by atoms with Crippen molar-refractivity contribution >= 4 is 23.2 Å². The lowest BCUT2D eigenvalue weighted by Gasteiger charge is -2.35. The molecule has 29 heavy (non-hydrogen) atoms. The van der Waals surface area contributed by atoms with Gasteiger partial charge in [-0.25, -0.2) is 8.78 Å². The summed E-state index contributed by atoms with van der Waals surface area (Å²) in [6, 6.07) is 7.56. The van der Waals surface area contributed by atoms with E-state index in [1.165, 1.54) is 6.92 Å². The maximum atomic E-state index is 13.0. The average molecular weight is 428 g/mol. The van der Waals surface area contributed by atoms with Crippen LogP contribution < -0.4 is 0 Å². The van der Waals surface area contributed by atoms with Gasteiger partial charge < -0.3 is 4.90 Å². The highest BCUT2D eigenvalue weighted by Crippen LogP contribution is 2.30. The zero-order valence-electron chi connectivity index (χ0n) is 15.7. The van der Waals surface area contributed by atoms with E-state index in [0.717, 1.165) is 10.2 Å². The third kappa shape index (κ3) is 4.70. The zero-order chi connectivity index (χ0) is 21.1. The number of alkyl halides is 2. The van der Waals surface area contributed by atoms with Gasteiger partial charge in [0, 0.05) is 37.7 Å². The van der Waals surface area contributed by atoms with E-state index in [4.69, 9.17) is 11.6 Å². The van der Waals surface area contributed by atoms with Gasteiger partial charge in [-0.2, -0.15) is 5.10 Å². The molecule has 156 valence electrons. The number of benzene rings is 1. The second-order valence-electron chi connectivity index (χ2n) is 6.78. The van der Waals surface area contributed by atoms with Crippen LogP contribution in [-0.4, -0.2) is 56.6 Å². The van der Waals surface area contributed by atoms with Gasteiger partial charge in [-0.1, -0.05) is 29.8 Å². The summed E-state index contributed by atoms with van der Waals surface area (Å²) < 4.78 is 27.1. The normalized spacial score (nSPS) is 15.1. The molecule has 0 spiro atoms. The first-order valence-corrected chi connectivity index (χ1v) is 9.39. The Hall–Kier alpha value is -2.59. The minimum absolute atomic E-state index is 0.0593. The Morgan fingerprint density at radius 2 is 1.93 bits per heavy atom. The van der Waals surface area contributed by atoms with Crippen LogP contribution in [0.25, 0.3) is 0 Å². The van der Waals surface area contributed by atoms with Crippen LogP contribution in [0.4, 0.5) is 14.5 Å². The first-order valence-electron chi connectivity index (χ1n) is 9.01. The van der Waals surface area contributed by atoms with Gasteiger partial charge in [-0.05, 0) is 18.6 Å². The maximum Gasteiger partial charge on any atom is 0.319 e. The van der Waals surface area contributed by atoms with E-state index >= 15 is 0 Å². The van der Waals surface area contributed by atoms with E-state index in [-0.39, 0.29) is 18.1 Å². The first-order chi connectivity index (χ1) is 13.8. The number of hydrogen-bond acceptors (Lipinski definition) is 5. The molecule has 0 radical (unpaired) electrons. The number of aromatic nitrogens is 2. The molecule has 1 fully saturated rings. The Morgan fingerprint density at radius 3 is 2.48 bits per heavy atom. The molecule has 0 bridgehead atoms. The molecule has 0 atom stereocenters. The summed E-state index contributed by atoms with van der Waals surface area (Å²) >= 11 is 6.18. The van der Waals surface area contributed by atoms with Gasteiger partial charge in [-0.3, -0.25) is 24.5 Å². The number of carbonyl (C=O) groups excluding carboxylic acids is 1. The van der Waals surface area contributed by atoms with Crippen molar-refractivity contribution in [2.45, 2.75) is 26.4 Å². The number of halogens is 3. The summed E-state index contributed by atoms with van der Waals surface area (Å²) in [5.41, 5.74) is -0.703. The minimum atomic E-state index is -3.08. The predicted octanol–water partition coefficient (Wildman–Crippen LogP) is 3.04. The highest BCUT2D eigenvalue weighted by molar-refractivity contribution is 6.31. The van der Waals surface area contributed by atoms with Gasteiger partial charge >= 0.3 is 5.69 Å². The second-order valence-corrected chi connectivity index (χ2v) is 7.19. The number of nitro groups is 1. The van der Waals surface area contributed by atoms with Crippen LogP contribution in [0.15, 0.2) is 24.3 Å². The predicted molar refractivity (Wildman–Crippen MR) is 102 cm³/mol. The van der Waals surface area contributed by atoms with Crippen molar-refractivity contribution in [1.29, 1.82) is 0 Å². The SMILES string of the molecule is Cc1c([N+](=O)[O-])c(C(F)F)nn1CC(=O)N1CCN(Cc2ccccc2Cl)CC1. The molecule has 1 aromatic carbocycles. The third-order valence-corrected chi connectivity index (χ3v) is 5.32. The molecule has 1 aliphatic rings. The van der Waals surface area contributed by atoms with E-state index in [1.54, 1.807) is 4.90 Å². The van der Waals surface area contributed by atoms with Crippen LogP contribution in [-0.2, 0) is 17.9 Å². The molecule has 1 aliphatic heterocycles. The van der Waals surface area contributed by atoms with Crippen molar-refractivity contribution in [3.05, 3.63) is 56.4 Å². The lowest BCUT2D eigenvalue weighted by atomic mass is 10.2. The summed E-state index contributed by atoms with van der Waals surface area (Å²) in [6.07, 6.45) is -3.08. The molecule has 3 rings (SSSR count). The van der Waals surface area contributed by atoms with Crippen molar-refractivity contribution in [1.82, 2.24) is 19.6 Å². The van der Waals surface area contributed by atoms with Crippen LogP contribution in [0.2, 0.25) is 5.02 Å². The highest BCUT2D eigenvalue weighted by Gasteiger charge is 2.32. The van der Waals surface area contributed by atoms with Gasteiger partial charge in [0.05, 0.1) is 4.92 Å². The van der Waals surface area contributed by atoms with Crippen molar-refractivity contribution < 1.29 is 18.5 Å². The lowest BCUT2D eigenvalue weighted by Crippen LogP contribution is -2.49. The topological polar surface area (TPSA) is 84.5 Å². The van der Waals surface area contributed by atoms with Gasteiger partial charge in [0.25, 0.3) is 6.43 Å². The minimum Gasteiger partial charge on any atom is -0.339 e. The molecule has 0 unspecified atom stereocenters. The number of carbonyl (C=O) groups is 1. The van der Waals surface area contributed by atoms with Crippen molar-refractivity contribution in [3.8, 4) is 0 Å². The number of amides is 1. The summed E-state index contributed by atoms with van der Waals surface area (Å²) in [4.78, 5) is 26.5. The summed E-state index contributed by atoms with van der Waals surface area (Å²) in [5.74, 6) is -0.316. The monoisotopic (exact) mass is 427 g/mol. The Bertz CT molecular complexity index is 913. The molecule has 1 aromatic heterocycles. The standard InChI is InChI=1S/C18H20ClF2N5O3/c1-12-17(26(28)29)16(18(20)21)22-25(12)11-15(27)24-8-6-23(7-9-24)10-13-4-2-3-5-14(13)19/h2-5,18H,6-11H2,1H3. The molecular weight excluding hydrogens is 408 g/mol. The molecule has 0 aliphatic carbocycles. The third-order valence-electron chi connectivity index (χ3n) is 4.95. The van der Waals surface area contributed by atoms with Gasteiger partial charge in [0.1, 0.15) is 12.2 Å². The van der Waals surface area contributed by atoms with Gasteiger partial charge in [-0.15, -0.1) is 0 Å². The van der Waals surface area contributed by atoms with Crippen LogP contribution in [0, 0.1) is 17.0 Å². The molecule has 11 heteroatoms. The fourth-order valence-corrected chi connectivity index (χ4v) is 3.53. The first kappa shape index (κ1) is 21.1. The van der Waals surface area contributed by atoms with E-state index < -0.39 is 22.7 Å². The van der Waals surface area contributed by atoms with E-state index in [1.807, 2.05) is 24.3 Å². The Kier molecular flexibility index (Phi) is 6.43. The Labute approximate surface area is 170 Å². The molecule has 1 amide bonds. The smallest absolute Gasteiger partial charge is 0.319 e. The molecule has 0 saturated carbocycles. The summed E-state index contributed by atoms with van der Waals surface area (Å²) in [7, 11) is 0. The molecule has 1 saturated heterocycles. The summed E-state index contributed by atoms with van der Waals surface area (Å²) in [5, 5.41) is 15.4. The Balaban J connectivity index is 1.61. The largest absolute Gasteiger partial charge is 0.339 e. The van der Waals surface area contributed by atoms with E-state index in [9.17, 15) is 23.7 Å². The quantitative estimate of drug-likeness (QED) is 0.522. The molecular formula is C18H20ClF2N5O3. The van der Waals surface area contributed by atoms with Crippen molar-refractivity contribution in [3.63, 3.8) is 0 Å². The molecule has 2 aromatic rings. The Morgan fingerprint density at radius 1 is 1.28 bits per heavy atom. The van der Waals surface area contributed by atoms with Crippen molar-refractivity contribution in [2.24, 2.45) is 0 Å². The van der Waals surface area contributed by atoms with Gasteiger partial charge in [0.2, 0.25) is 11.6 Å². The number of nitrogens with zero attached hydrogens (tertiary/aromatic N) is 5. The van der Waals surface area contributed by atoms with Crippen LogP contribution in [0.1, 0.15) is 23.4 Å². The highest BCUT2D eigenvalue weighted by atomic mass is 35.5. The van der Waals surface area contributed by atoms with Crippen LogP contribution in [0.3, 0.4) is 0 Å². The zero-order valence-corrected chi connectivity index (χ0v) is 16.5. The number of rotatable bonds is 6.